The normalized spacial score (nSPS) is 14.9. The van der Waals surface area contributed by atoms with Gasteiger partial charge in [-0.15, -0.1) is 0 Å². The Hall–Kier alpha value is -2.62. The second kappa shape index (κ2) is 9.46. The van der Waals surface area contributed by atoms with E-state index in [1.165, 1.54) is 27.4 Å². The number of hydrogen-bond acceptors (Lipinski definition) is 3. The van der Waals surface area contributed by atoms with Crippen LogP contribution in [0.5, 0.6) is 0 Å². The van der Waals surface area contributed by atoms with Gasteiger partial charge < -0.3 is 4.90 Å². The highest BCUT2D eigenvalue weighted by Crippen LogP contribution is 2.35. The van der Waals surface area contributed by atoms with E-state index in [2.05, 4.69) is 41.3 Å². The number of rotatable bonds is 7. The number of fused-ring (bicyclic) bond motifs is 2. The first-order valence-corrected chi connectivity index (χ1v) is 10.7. The number of carbonyl (C=O) groups is 1. The highest BCUT2D eigenvalue weighted by Gasteiger charge is 2.20. The molecule has 4 heteroatoms. The minimum Gasteiger partial charge on any atom is -0.341 e. The van der Waals surface area contributed by atoms with Crippen LogP contribution in [-0.4, -0.2) is 37.3 Å². The summed E-state index contributed by atoms with van der Waals surface area (Å²) >= 11 is 5.90. The molecule has 3 aromatic carbocycles. The van der Waals surface area contributed by atoms with Crippen LogP contribution in [-0.2, 0) is 12.8 Å². The molecule has 4 rings (SSSR count). The maximum Gasteiger partial charge on any atom is 0.176 e. The molecular weight excluding hydrogens is 392 g/mol. The summed E-state index contributed by atoms with van der Waals surface area (Å²) in [4.78, 5) is 16.3. The number of para-hydroxylation sites is 2. The van der Waals surface area contributed by atoms with Crippen molar-refractivity contribution in [3.63, 3.8) is 0 Å². The number of benzene rings is 3. The highest BCUT2D eigenvalue weighted by atomic mass is 35.5. The zero-order chi connectivity index (χ0) is 23.4. The fraction of sp³-hybridized carbons (Fsp3) is 0.269. The fourth-order valence-corrected chi connectivity index (χ4v) is 4.14. The molecule has 154 valence electrons. The number of likely N-dealkylation sites (N-methyl/N-ethyl adjacent to an activating group) is 1. The molecule has 3 aromatic rings. The number of ketones is 1. The average molecular weight is 422 g/mol. The van der Waals surface area contributed by atoms with Crippen molar-refractivity contribution in [2.45, 2.75) is 19.3 Å². The van der Waals surface area contributed by atoms with Crippen LogP contribution in [0.4, 0.5) is 11.4 Å². The molecule has 0 atom stereocenters. The van der Waals surface area contributed by atoms with Crippen molar-refractivity contribution < 1.29 is 8.91 Å². The summed E-state index contributed by atoms with van der Waals surface area (Å²) in [5, 5.41) is 0.539. The third-order valence-corrected chi connectivity index (χ3v) is 5.79. The maximum atomic E-state index is 12.7. The molecule has 0 fully saturated rings. The molecule has 0 unspecified atom stereocenters. The van der Waals surface area contributed by atoms with Crippen molar-refractivity contribution in [1.82, 2.24) is 4.90 Å². The van der Waals surface area contributed by atoms with Crippen molar-refractivity contribution >= 4 is 28.8 Å². The summed E-state index contributed by atoms with van der Waals surface area (Å²) in [7, 11) is 0. The number of hydrogen-bond donors (Lipinski definition) is 0. The average Bonchev–Trinajstić information content (AvgIpc) is 2.95. The number of aryl methyl sites for hydroxylation is 2. The number of anilines is 2. The van der Waals surface area contributed by atoms with Gasteiger partial charge >= 0.3 is 0 Å². The lowest BCUT2D eigenvalue weighted by atomic mass is 10.0. The van der Waals surface area contributed by atoms with Crippen molar-refractivity contribution in [2.75, 3.05) is 31.5 Å². The minimum absolute atomic E-state index is 0.161. The Labute approximate surface area is 188 Å². The number of carbonyl (C=O) groups excluding carboxylic acids is 1. The Morgan fingerprint density at radius 3 is 2.17 bits per heavy atom. The largest absolute Gasteiger partial charge is 0.341 e. The first kappa shape index (κ1) is 17.1. The van der Waals surface area contributed by atoms with Crippen LogP contribution in [0.2, 0.25) is 5.02 Å². The zero-order valence-corrected chi connectivity index (χ0v) is 17.6. The van der Waals surface area contributed by atoms with E-state index in [9.17, 15) is 4.79 Å². The van der Waals surface area contributed by atoms with Gasteiger partial charge in [-0.3, -0.25) is 9.69 Å². The van der Waals surface area contributed by atoms with E-state index < -0.39 is 6.98 Å². The molecule has 0 bridgehead atoms. The maximum absolute atomic E-state index is 12.7. The summed E-state index contributed by atoms with van der Waals surface area (Å²) in [6.45, 7) is -1.56. The smallest absolute Gasteiger partial charge is 0.176 e. The van der Waals surface area contributed by atoms with E-state index >= 15 is 0 Å². The summed E-state index contributed by atoms with van der Waals surface area (Å²) in [6, 6.07) is 23.3. The molecule has 0 radical (unpaired) electrons. The summed E-state index contributed by atoms with van der Waals surface area (Å²) in [5.41, 5.74) is 5.38. The monoisotopic (exact) mass is 421 g/mol. The van der Waals surface area contributed by atoms with Crippen LogP contribution >= 0.6 is 11.6 Å². The van der Waals surface area contributed by atoms with E-state index in [1.807, 2.05) is 12.1 Å². The molecule has 0 saturated heterocycles. The van der Waals surface area contributed by atoms with Crippen LogP contribution in [0.15, 0.2) is 72.8 Å². The van der Waals surface area contributed by atoms with Gasteiger partial charge in [0, 0.05) is 39.2 Å². The molecular formula is C26H27ClN2O. The van der Waals surface area contributed by atoms with Gasteiger partial charge in [0.1, 0.15) is 0 Å². The molecule has 1 aliphatic heterocycles. The molecule has 3 nitrogen and oxygen atoms in total. The predicted octanol–water partition coefficient (Wildman–Crippen LogP) is 5.78. The quantitative estimate of drug-likeness (QED) is 0.451. The Kier molecular flexibility index (Phi) is 5.39. The Balaban J connectivity index is 1.49. The van der Waals surface area contributed by atoms with E-state index in [0.717, 1.165) is 12.8 Å². The van der Waals surface area contributed by atoms with Crippen molar-refractivity contribution in [3.8, 4) is 0 Å². The molecule has 0 aromatic heterocycles. The van der Waals surface area contributed by atoms with Gasteiger partial charge in [0.2, 0.25) is 0 Å². The molecule has 0 saturated carbocycles. The van der Waals surface area contributed by atoms with Gasteiger partial charge in [-0.05, 0) is 73.8 Å². The van der Waals surface area contributed by atoms with Crippen LogP contribution in [0.3, 0.4) is 0 Å². The Morgan fingerprint density at radius 2 is 1.57 bits per heavy atom. The second-order valence-corrected chi connectivity index (χ2v) is 8.05. The topological polar surface area (TPSA) is 23.6 Å². The second-order valence-electron chi connectivity index (χ2n) is 7.61. The van der Waals surface area contributed by atoms with Crippen molar-refractivity contribution in [3.05, 3.63) is 94.5 Å². The molecule has 0 amide bonds. The first-order valence-electron chi connectivity index (χ1n) is 11.8. The van der Waals surface area contributed by atoms with Gasteiger partial charge in [0.05, 0.1) is 6.54 Å². The number of nitrogens with zero attached hydrogens (tertiary/aromatic N) is 2. The van der Waals surface area contributed by atoms with E-state index in [-0.39, 0.29) is 18.9 Å². The fourth-order valence-electron chi connectivity index (χ4n) is 4.01. The Morgan fingerprint density at radius 1 is 0.967 bits per heavy atom. The van der Waals surface area contributed by atoms with Crippen LogP contribution in [0.1, 0.15) is 32.0 Å². The molecule has 30 heavy (non-hydrogen) atoms. The highest BCUT2D eigenvalue weighted by molar-refractivity contribution is 6.30. The van der Waals surface area contributed by atoms with Crippen LogP contribution < -0.4 is 4.90 Å². The van der Waals surface area contributed by atoms with Crippen LogP contribution in [0.25, 0.3) is 0 Å². The van der Waals surface area contributed by atoms with Crippen LogP contribution in [0, 0.1) is 0 Å². The van der Waals surface area contributed by atoms with Gasteiger partial charge in [0.25, 0.3) is 0 Å². The number of halogens is 1. The lowest BCUT2D eigenvalue weighted by Gasteiger charge is -2.28. The molecule has 0 N–H and O–H groups in total. The minimum atomic E-state index is -2.35. The number of Topliss-reactive ketones (excluding diaryl/α,β-unsaturated/α-hetero) is 1. The molecule has 0 spiro atoms. The SMILES string of the molecule is [2H]C([2H])([2H])N(CCCN1c2ccccc2CCc2ccccc21)CC(=O)c1ccc(Cl)cc1. The Bertz CT molecular complexity index is 1070. The summed E-state index contributed by atoms with van der Waals surface area (Å²) in [6.07, 6.45) is 2.55. The molecule has 0 aliphatic carbocycles. The molecule has 1 aliphatic rings. The van der Waals surface area contributed by atoms with E-state index in [0.29, 0.717) is 23.6 Å². The van der Waals surface area contributed by atoms with Gasteiger partial charge in [-0.25, -0.2) is 0 Å². The lowest BCUT2D eigenvalue weighted by Crippen LogP contribution is -2.29. The summed E-state index contributed by atoms with van der Waals surface area (Å²) < 4.78 is 23.8. The third kappa shape index (κ3) is 4.75. The standard InChI is InChI=1S/C26H27ClN2O/c1-28(19-26(30)22-13-15-23(27)16-14-22)17-6-18-29-24-9-4-2-7-20(24)11-12-21-8-3-5-10-25(21)29/h2-5,7-10,13-16H,6,11-12,17-19H2,1H3/i1D3. The van der Waals surface area contributed by atoms with Crippen molar-refractivity contribution in [2.24, 2.45) is 0 Å². The van der Waals surface area contributed by atoms with Gasteiger partial charge in [0.15, 0.2) is 5.78 Å². The summed E-state index contributed by atoms with van der Waals surface area (Å²) in [5.74, 6) is -0.228. The van der Waals surface area contributed by atoms with Crippen molar-refractivity contribution in [1.29, 1.82) is 0 Å². The third-order valence-electron chi connectivity index (χ3n) is 5.54. The van der Waals surface area contributed by atoms with E-state index in [4.69, 9.17) is 15.7 Å². The zero-order valence-electron chi connectivity index (χ0n) is 19.9. The predicted molar refractivity (Wildman–Crippen MR) is 125 cm³/mol. The lowest BCUT2D eigenvalue weighted by molar-refractivity contribution is 0.0946. The first-order chi connectivity index (χ1) is 15.8. The van der Waals surface area contributed by atoms with Gasteiger partial charge in [-0.1, -0.05) is 48.0 Å². The van der Waals surface area contributed by atoms with E-state index in [1.54, 1.807) is 24.3 Å². The molecule has 1 heterocycles. The van der Waals surface area contributed by atoms with Gasteiger partial charge in [-0.2, -0.15) is 0 Å².